The molecule has 1 rings (SSSR count). The number of nitrogens with one attached hydrogen (secondary N) is 1. The third-order valence-corrected chi connectivity index (χ3v) is 3.29. The van der Waals surface area contributed by atoms with Crippen molar-refractivity contribution in [2.75, 3.05) is 0 Å². The Labute approximate surface area is 110 Å². The summed E-state index contributed by atoms with van der Waals surface area (Å²) in [6, 6.07) is 7.38. The van der Waals surface area contributed by atoms with Crippen LogP contribution in [0.2, 0.25) is 0 Å². The van der Waals surface area contributed by atoms with Crippen LogP contribution >= 0.6 is 0 Å². The lowest BCUT2D eigenvalue weighted by Crippen LogP contribution is -2.43. The second-order valence-corrected chi connectivity index (χ2v) is 5.16. The van der Waals surface area contributed by atoms with Crippen molar-refractivity contribution in [3.8, 4) is 0 Å². The predicted octanol–water partition coefficient (Wildman–Crippen LogP) is 2.55. The Morgan fingerprint density at radius 2 is 1.83 bits per heavy atom. The predicted molar refractivity (Wildman–Crippen MR) is 75.2 cm³/mol. The van der Waals surface area contributed by atoms with E-state index in [9.17, 15) is 4.79 Å². The number of rotatable bonds is 5. The van der Waals surface area contributed by atoms with Crippen LogP contribution in [0.15, 0.2) is 24.3 Å². The molecular formula is C15H24N2O. The highest BCUT2D eigenvalue weighted by atomic mass is 16.2. The summed E-state index contributed by atoms with van der Waals surface area (Å²) >= 11 is 0. The van der Waals surface area contributed by atoms with Gasteiger partial charge in [-0.1, -0.05) is 50.6 Å². The molecule has 0 aliphatic carbocycles. The van der Waals surface area contributed by atoms with Gasteiger partial charge in [0.1, 0.15) is 6.04 Å². The van der Waals surface area contributed by atoms with Gasteiger partial charge in [0.25, 0.3) is 0 Å². The zero-order valence-electron chi connectivity index (χ0n) is 11.7. The van der Waals surface area contributed by atoms with Gasteiger partial charge in [0.2, 0.25) is 5.91 Å². The first-order valence-electron chi connectivity index (χ1n) is 6.58. The van der Waals surface area contributed by atoms with Crippen molar-refractivity contribution in [2.45, 2.75) is 46.2 Å². The van der Waals surface area contributed by atoms with E-state index in [0.29, 0.717) is 5.92 Å². The Morgan fingerprint density at radius 1 is 1.28 bits per heavy atom. The molecule has 0 saturated heterocycles. The number of carbonyl (C=O) groups excluding carboxylic acids is 1. The Hall–Kier alpha value is -1.35. The van der Waals surface area contributed by atoms with E-state index in [-0.39, 0.29) is 11.9 Å². The molecule has 1 amide bonds. The smallest absolute Gasteiger partial charge is 0.241 e. The molecule has 0 aromatic heterocycles. The monoisotopic (exact) mass is 248 g/mol. The molecule has 18 heavy (non-hydrogen) atoms. The fraction of sp³-hybridized carbons (Fsp3) is 0.533. The average molecular weight is 248 g/mol. The van der Waals surface area contributed by atoms with Crippen molar-refractivity contribution < 1.29 is 4.79 Å². The maximum atomic E-state index is 12.1. The molecule has 2 unspecified atom stereocenters. The first kappa shape index (κ1) is 14.7. The summed E-state index contributed by atoms with van der Waals surface area (Å²) in [6.45, 7) is 8.29. The molecule has 0 aliphatic heterocycles. The lowest BCUT2D eigenvalue weighted by atomic mass is 10.00. The van der Waals surface area contributed by atoms with Crippen LogP contribution in [0.25, 0.3) is 0 Å². The van der Waals surface area contributed by atoms with Gasteiger partial charge in [-0.15, -0.1) is 0 Å². The lowest BCUT2D eigenvalue weighted by Gasteiger charge is -2.23. The quantitative estimate of drug-likeness (QED) is 0.841. The summed E-state index contributed by atoms with van der Waals surface area (Å²) in [5.41, 5.74) is 8.00. The molecular weight excluding hydrogens is 224 g/mol. The Morgan fingerprint density at radius 3 is 2.28 bits per heavy atom. The summed E-state index contributed by atoms with van der Waals surface area (Å²) in [4.78, 5) is 12.1. The Balaban J connectivity index is 2.69. The van der Waals surface area contributed by atoms with Crippen LogP contribution in [0.3, 0.4) is 0 Å². The topological polar surface area (TPSA) is 55.1 Å². The zero-order chi connectivity index (χ0) is 13.7. The van der Waals surface area contributed by atoms with E-state index in [2.05, 4.69) is 26.1 Å². The van der Waals surface area contributed by atoms with Crippen LogP contribution in [-0.2, 0) is 4.79 Å². The van der Waals surface area contributed by atoms with Crippen molar-refractivity contribution >= 4 is 5.91 Å². The molecule has 0 saturated carbocycles. The van der Waals surface area contributed by atoms with Crippen LogP contribution in [0.5, 0.6) is 0 Å². The van der Waals surface area contributed by atoms with Gasteiger partial charge in [-0.2, -0.15) is 0 Å². The molecule has 1 aromatic carbocycles. The SMILES string of the molecule is CCC(NC(=O)C(N)c1ccc(C)cc1)C(C)C. The van der Waals surface area contributed by atoms with Gasteiger partial charge in [0.05, 0.1) is 0 Å². The molecule has 3 N–H and O–H groups in total. The van der Waals surface area contributed by atoms with E-state index in [4.69, 9.17) is 5.73 Å². The van der Waals surface area contributed by atoms with Gasteiger partial charge in [-0.05, 0) is 24.8 Å². The van der Waals surface area contributed by atoms with Crippen molar-refractivity contribution in [3.05, 3.63) is 35.4 Å². The maximum Gasteiger partial charge on any atom is 0.241 e. The maximum absolute atomic E-state index is 12.1. The normalized spacial score (nSPS) is 14.3. The lowest BCUT2D eigenvalue weighted by molar-refractivity contribution is -0.123. The highest BCUT2D eigenvalue weighted by Gasteiger charge is 2.20. The van der Waals surface area contributed by atoms with Crippen molar-refractivity contribution in [3.63, 3.8) is 0 Å². The number of nitrogens with two attached hydrogens (primary N) is 1. The van der Waals surface area contributed by atoms with E-state index >= 15 is 0 Å². The molecule has 0 heterocycles. The third-order valence-electron chi connectivity index (χ3n) is 3.29. The van der Waals surface area contributed by atoms with Gasteiger partial charge < -0.3 is 11.1 Å². The summed E-state index contributed by atoms with van der Waals surface area (Å²) < 4.78 is 0. The minimum atomic E-state index is -0.585. The third kappa shape index (κ3) is 3.84. The van der Waals surface area contributed by atoms with Crippen molar-refractivity contribution in [1.82, 2.24) is 5.32 Å². The summed E-state index contributed by atoms with van der Waals surface area (Å²) in [7, 11) is 0. The van der Waals surface area contributed by atoms with E-state index in [1.54, 1.807) is 0 Å². The number of benzene rings is 1. The molecule has 0 spiro atoms. The standard InChI is InChI=1S/C15H24N2O/c1-5-13(10(2)3)17-15(18)14(16)12-8-6-11(4)7-9-12/h6-10,13-14H,5,16H2,1-4H3,(H,17,18). The molecule has 1 aromatic rings. The van der Waals surface area contributed by atoms with Crippen LogP contribution < -0.4 is 11.1 Å². The fourth-order valence-corrected chi connectivity index (χ4v) is 1.94. The summed E-state index contributed by atoms with van der Waals surface area (Å²) in [6.07, 6.45) is 0.921. The number of carbonyl (C=O) groups is 1. The van der Waals surface area contributed by atoms with E-state index < -0.39 is 6.04 Å². The van der Waals surface area contributed by atoms with Gasteiger partial charge in [0, 0.05) is 6.04 Å². The molecule has 100 valence electrons. The molecule has 3 heteroatoms. The van der Waals surface area contributed by atoms with E-state index in [0.717, 1.165) is 12.0 Å². The molecule has 0 aliphatic rings. The largest absolute Gasteiger partial charge is 0.351 e. The number of hydrogen-bond donors (Lipinski definition) is 2. The van der Waals surface area contributed by atoms with Crippen molar-refractivity contribution in [2.24, 2.45) is 11.7 Å². The average Bonchev–Trinajstić information content (AvgIpc) is 2.35. The Bertz CT molecular complexity index is 384. The first-order valence-corrected chi connectivity index (χ1v) is 6.58. The second kappa shape index (κ2) is 6.55. The second-order valence-electron chi connectivity index (χ2n) is 5.16. The van der Waals surface area contributed by atoms with Gasteiger partial charge in [0.15, 0.2) is 0 Å². The van der Waals surface area contributed by atoms with Gasteiger partial charge >= 0.3 is 0 Å². The van der Waals surface area contributed by atoms with Crippen LogP contribution in [0.1, 0.15) is 44.4 Å². The number of aryl methyl sites for hydroxylation is 1. The molecule has 3 nitrogen and oxygen atoms in total. The van der Waals surface area contributed by atoms with Crippen LogP contribution in [0, 0.1) is 12.8 Å². The minimum Gasteiger partial charge on any atom is -0.351 e. The number of hydrogen-bond acceptors (Lipinski definition) is 2. The summed E-state index contributed by atoms with van der Waals surface area (Å²) in [5, 5.41) is 3.02. The molecule has 0 radical (unpaired) electrons. The van der Waals surface area contributed by atoms with E-state index in [1.165, 1.54) is 5.56 Å². The van der Waals surface area contributed by atoms with Gasteiger partial charge in [-0.25, -0.2) is 0 Å². The molecule has 0 bridgehead atoms. The van der Waals surface area contributed by atoms with Gasteiger partial charge in [-0.3, -0.25) is 4.79 Å². The highest BCUT2D eigenvalue weighted by molar-refractivity contribution is 5.83. The summed E-state index contributed by atoms with van der Waals surface area (Å²) in [5.74, 6) is 0.323. The van der Waals surface area contributed by atoms with Crippen molar-refractivity contribution in [1.29, 1.82) is 0 Å². The molecule has 2 atom stereocenters. The Kier molecular flexibility index (Phi) is 5.35. The minimum absolute atomic E-state index is 0.0978. The number of amides is 1. The van der Waals surface area contributed by atoms with E-state index in [1.807, 2.05) is 31.2 Å². The highest BCUT2D eigenvalue weighted by Crippen LogP contribution is 2.13. The van der Waals surface area contributed by atoms with Crippen LogP contribution in [0.4, 0.5) is 0 Å². The zero-order valence-corrected chi connectivity index (χ0v) is 11.7. The van der Waals surface area contributed by atoms with Crippen LogP contribution in [-0.4, -0.2) is 11.9 Å². The molecule has 0 fully saturated rings. The first-order chi connectivity index (χ1) is 8.45. The fourth-order valence-electron chi connectivity index (χ4n) is 1.94.